The van der Waals surface area contributed by atoms with Crippen molar-refractivity contribution in [1.82, 2.24) is 0 Å². The molecule has 0 spiro atoms. The lowest BCUT2D eigenvalue weighted by molar-refractivity contribution is -0.149. The second-order valence-electron chi connectivity index (χ2n) is 5.73. The monoisotopic (exact) mass is 453 g/mol. The van der Waals surface area contributed by atoms with Gasteiger partial charge in [-0.2, -0.15) is 0 Å². The van der Waals surface area contributed by atoms with Crippen LogP contribution in [0.15, 0.2) is 36.4 Å². The molecular weight excluding hydrogens is 433 g/mol. The average molecular weight is 453 g/mol. The van der Waals surface area contributed by atoms with E-state index in [1.807, 2.05) is 45.0 Å². The second kappa shape index (κ2) is 8.84. The van der Waals surface area contributed by atoms with Gasteiger partial charge in [-0.1, -0.05) is 17.7 Å². The van der Waals surface area contributed by atoms with Gasteiger partial charge in [0.05, 0.1) is 0 Å². The first-order chi connectivity index (χ1) is 11.8. The van der Waals surface area contributed by atoms with E-state index < -0.39 is 5.97 Å². The summed E-state index contributed by atoms with van der Waals surface area (Å²) in [5.41, 5.74) is 3.83. The minimum Gasteiger partial charge on any atom is -0.482 e. The summed E-state index contributed by atoms with van der Waals surface area (Å²) in [5, 5.41) is 2.78. The van der Waals surface area contributed by atoms with Crippen LogP contribution in [-0.2, 0) is 14.3 Å². The number of rotatable bonds is 6. The zero-order chi connectivity index (χ0) is 18.4. The Morgan fingerprint density at radius 2 is 1.60 bits per heavy atom. The standard InChI is InChI=1S/C19H20INO4/c1-12-8-13(2)19(14(3)9-12)21-17(22)10-25-18(23)11-24-16-6-4-15(20)5-7-16/h4-9H,10-11H2,1-3H3,(H,21,22). The van der Waals surface area contributed by atoms with E-state index in [1.54, 1.807) is 12.1 Å². The number of halogens is 1. The van der Waals surface area contributed by atoms with Crippen LogP contribution in [0.2, 0.25) is 0 Å². The number of benzene rings is 2. The summed E-state index contributed by atoms with van der Waals surface area (Å²) in [6.45, 7) is 5.27. The van der Waals surface area contributed by atoms with Crippen LogP contribution in [-0.4, -0.2) is 25.1 Å². The summed E-state index contributed by atoms with van der Waals surface area (Å²) >= 11 is 2.18. The lowest BCUT2D eigenvalue weighted by Crippen LogP contribution is -2.24. The molecule has 0 aliphatic rings. The number of amides is 1. The van der Waals surface area contributed by atoms with E-state index >= 15 is 0 Å². The molecule has 0 atom stereocenters. The SMILES string of the molecule is Cc1cc(C)c(NC(=O)COC(=O)COc2ccc(I)cc2)c(C)c1. The van der Waals surface area contributed by atoms with Crippen LogP contribution in [0.1, 0.15) is 16.7 Å². The number of hydrogen-bond donors (Lipinski definition) is 1. The van der Waals surface area contributed by atoms with Gasteiger partial charge in [0.15, 0.2) is 13.2 Å². The van der Waals surface area contributed by atoms with Crippen molar-refractivity contribution in [2.24, 2.45) is 0 Å². The molecule has 1 amide bonds. The minimum absolute atomic E-state index is 0.240. The zero-order valence-corrected chi connectivity index (χ0v) is 16.5. The third kappa shape index (κ3) is 6.04. The van der Waals surface area contributed by atoms with Crippen LogP contribution < -0.4 is 10.1 Å². The molecule has 2 aromatic carbocycles. The number of carbonyl (C=O) groups is 2. The molecule has 0 saturated heterocycles. The van der Waals surface area contributed by atoms with Crippen LogP contribution in [0.4, 0.5) is 5.69 Å². The van der Waals surface area contributed by atoms with Crippen LogP contribution in [0.25, 0.3) is 0 Å². The third-order valence-corrected chi connectivity index (χ3v) is 4.20. The maximum Gasteiger partial charge on any atom is 0.344 e. The minimum atomic E-state index is -0.592. The Kier molecular flexibility index (Phi) is 6.81. The van der Waals surface area contributed by atoms with Crippen LogP contribution in [0.5, 0.6) is 5.75 Å². The number of hydrogen-bond acceptors (Lipinski definition) is 4. The van der Waals surface area contributed by atoms with Crippen molar-refractivity contribution in [3.8, 4) is 5.75 Å². The topological polar surface area (TPSA) is 64.6 Å². The molecule has 0 radical (unpaired) electrons. The molecule has 2 aromatic rings. The Morgan fingerprint density at radius 3 is 2.20 bits per heavy atom. The van der Waals surface area contributed by atoms with E-state index in [0.29, 0.717) is 5.75 Å². The molecule has 0 aromatic heterocycles. The van der Waals surface area contributed by atoms with E-state index in [2.05, 4.69) is 27.9 Å². The van der Waals surface area contributed by atoms with Crippen molar-refractivity contribution >= 4 is 40.2 Å². The number of carbonyl (C=O) groups excluding carboxylic acids is 2. The number of aryl methyl sites for hydroxylation is 3. The molecule has 5 nitrogen and oxygen atoms in total. The van der Waals surface area contributed by atoms with Crippen LogP contribution in [0.3, 0.4) is 0 Å². The van der Waals surface area contributed by atoms with Gasteiger partial charge in [-0.05, 0) is 78.8 Å². The van der Waals surface area contributed by atoms with Crippen molar-refractivity contribution in [3.05, 3.63) is 56.7 Å². The van der Waals surface area contributed by atoms with E-state index in [0.717, 1.165) is 25.9 Å². The van der Waals surface area contributed by atoms with Crippen LogP contribution >= 0.6 is 22.6 Å². The molecule has 0 unspecified atom stereocenters. The molecule has 0 fully saturated rings. The highest BCUT2D eigenvalue weighted by Crippen LogP contribution is 2.21. The molecule has 6 heteroatoms. The second-order valence-corrected chi connectivity index (χ2v) is 6.97. The molecular formula is C19H20INO4. The molecule has 0 bridgehead atoms. The summed E-state index contributed by atoms with van der Waals surface area (Å²) in [7, 11) is 0. The fraction of sp³-hybridized carbons (Fsp3) is 0.263. The summed E-state index contributed by atoms with van der Waals surface area (Å²) in [6.07, 6.45) is 0. The highest BCUT2D eigenvalue weighted by molar-refractivity contribution is 14.1. The molecule has 132 valence electrons. The third-order valence-electron chi connectivity index (χ3n) is 3.48. The lowest BCUT2D eigenvalue weighted by atomic mass is 10.1. The van der Waals surface area contributed by atoms with Gasteiger partial charge in [-0.15, -0.1) is 0 Å². The molecule has 25 heavy (non-hydrogen) atoms. The summed E-state index contributed by atoms with van der Waals surface area (Å²) in [4.78, 5) is 23.7. The summed E-state index contributed by atoms with van der Waals surface area (Å²) in [5.74, 6) is -0.392. The van der Waals surface area contributed by atoms with Gasteiger partial charge in [0, 0.05) is 9.26 Å². The predicted molar refractivity (Wildman–Crippen MR) is 105 cm³/mol. The average Bonchev–Trinajstić information content (AvgIpc) is 2.55. The first kappa shape index (κ1) is 19.2. The zero-order valence-electron chi connectivity index (χ0n) is 14.4. The first-order valence-electron chi connectivity index (χ1n) is 7.77. The Bertz CT molecular complexity index is 748. The van der Waals surface area contributed by atoms with Gasteiger partial charge in [0.1, 0.15) is 5.75 Å². The van der Waals surface area contributed by atoms with Gasteiger partial charge in [-0.3, -0.25) is 4.79 Å². The molecule has 0 aliphatic carbocycles. The van der Waals surface area contributed by atoms with E-state index in [4.69, 9.17) is 9.47 Å². The Balaban J connectivity index is 1.79. The van der Waals surface area contributed by atoms with Gasteiger partial charge in [-0.25, -0.2) is 4.79 Å². The van der Waals surface area contributed by atoms with Crippen molar-refractivity contribution in [3.63, 3.8) is 0 Å². The molecule has 0 saturated carbocycles. The van der Waals surface area contributed by atoms with Crippen molar-refractivity contribution in [1.29, 1.82) is 0 Å². The normalized spacial score (nSPS) is 10.2. The molecule has 0 heterocycles. The number of ether oxygens (including phenoxy) is 2. The van der Waals surface area contributed by atoms with Gasteiger partial charge in [0.25, 0.3) is 5.91 Å². The lowest BCUT2D eigenvalue weighted by Gasteiger charge is -2.13. The van der Waals surface area contributed by atoms with Crippen molar-refractivity contribution in [2.45, 2.75) is 20.8 Å². The van der Waals surface area contributed by atoms with E-state index in [1.165, 1.54) is 0 Å². The van der Waals surface area contributed by atoms with Gasteiger partial charge in [0.2, 0.25) is 0 Å². The first-order valence-corrected chi connectivity index (χ1v) is 8.84. The molecule has 2 rings (SSSR count). The Labute approximate surface area is 160 Å². The summed E-state index contributed by atoms with van der Waals surface area (Å²) < 4.78 is 11.3. The number of nitrogens with one attached hydrogen (secondary N) is 1. The predicted octanol–water partition coefficient (Wildman–Crippen LogP) is 3.78. The molecule has 1 N–H and O–H groups in total. The van der Waals surface area contributed by atoms with Gasteiger partial charge < -0.3 is 14.8 Å². The van der Waals surface area contributed by atoms with E-state index in [9.17, 15) is 9.59 Å². The number of esters is 1. The fourth-order valence-electron chi connectivity index (χ4n) is 2.41. The number of anilines is 1. The fourth-order valence-corrected chi connectivity index (χ4v) is 2.77. The molecule has 0 aliphatic heterocycles. The van der Waals surface area contributed by atoms with Crippen molar-refractivity contribution in [2.75, 3.05) is 18.5 Å². The maximum atomic E-state index is 12.0. The Hall–Kier alpha value is -2.09. The quantitative estimate of drug-likeness (QED) is 0.534. The highest BCUT2D eigenvalue weighted by Gasteiger charge is 2.11. The maximum absolute atomic E-state index is 12.0. The summed E-state index contributed by atoms with van der Waals surface area (Å²) in [6, 6.07) is 11.3. The van der Waals surface area contributed by atoms with Crippen LogP contribution in [0, 0.1) is 24.3 Å². The van der Waals surface area contributed by atoms with Crippen molar-refractivity contribution < 1.29 is 19.1 Å². The van der Waals surface area contributed by atoms with E-state index in [-0.39, 0.29) is 19.1 Å². The van der Waals surface area contributed by atoms with Gasteiger partial charge >= 0.3 is 5.97 Å². The largest absolute Gasteiger partial charge is 0.482 e. The smallest absolute Gasteiger partial charge is 0.344 e. The Morgan fingerprint density at radius 1 is 1.00 bits per heavy atom. The highest BCUT2D eigenvalue weighted by atomic mass is 127.